The molecule has 21 aromatic rings. The van der Waals surface area contributed by atoms with E-state index in [1.165, 1.54) is 221 Å². The monoisotopic (exact) mass is 1480 g/mol. The number of aryl methyl sites for hydroxylation is 3. The maximum atomic E-state index is 2.41. The fourth-order valence-corrected chi connectivity index (χ4v) is 18.1. The molecule has 2 aromatic heterocycles. The van der Waals surface area contributed by atoms with Crippen LogP contribution < -0.4 is 4.90 Å². The Kier molecular flexibility index (Phi) is 17.4. The number of benzene rings is 19. The third kappa shape index (κ3) is 12.8. The van der Waals surface area contributed by atoms with E-state index in [4.69, 9.17) is 0 Å². The van der Waals surface area contributed by atoms with Gasteiger partial charge < -0.3 is 14.0 Å². The molecule has 548 valence electrons. The molecule has 0 radical (unpaired) electrons. The van der Waals surface area contributed by atoms with E-state index in [1.807, 2.05) is 0 Å². The van der Waals surface area contributed by atoms with E-state index < -0.39 is 0 Å². The molecule has 0 unspecified atom stereocenters. The van der Waals surface area contributed by atoms with Crippen LogP contribution in [-0.4, -0.2) is 9.13 Å². The van der Waals surface area contributed by atoms with Gasteiger partial charge in [-0.15, -0.1) is 0 Å². The summed E-state index contributed by atoms with van der Waals surface area (Å²) in [5.74, 6) is 0. The smallest absolute Gasteiger partial charge is 0.0541 e. The van der Waals surface area contributed by atoms with Gasteiger partial charge in [0.15, 0.2) is 0 Å². The first-order valence-electron chi connectivity index (χ1n) is 40.4. The van der Waals surface area contributed by atoms with Crippen molar-refractivity contribution in [3.05, 3.63) is 451 Å². The summed E-state index contributed by atoms with van der Waals surface area (Å²) in [7, 11) is 0. The second kappa shape index (κ2) is 29.2. The molecule has 19 aromatic carbocycles. The highest BCUT2D eigenvalue weighted by Crippen LogP contribution is 2.48. The van der Waals surface area contributed by atoms with Gasteiger partial charge in [0.25, 0.3) is 0 Å². The fourth-order valence-electron chi connectivity index (χ4n) is 18.1. The van der Waals surface area contributed by atoms with Crippen molar-refractivity contribution in [2.24, 2.45) is 0 Å². The molecular formula is C113H81N3. The second-order valence-electron chi connectivity index (χ2n) is 31.4. The van der Waals surface area contributed by atoms with Crippen molar-refractivity contribution >= 4 is 93.0 Å². The highest BCUT2D eigenvalue weighted by molar-refractivity contribution is 6.14. The van der Waals surface area contributed by atoms with E-state index in [1.54, 1.807) is 0 Å². The molecule has 0 fully saturated rings. The van der Waals surface area contributed by atoms with Crippen molar-refractivity contribution in [3.8, 4) is 89.3 Å². The van der Waals surface area contributed by atoms with Crippen LogP contribution in [0.1, 0.15) is 38.9 Å². The molecule has 0 saturated carbocycles. The van der Waals surface area contributed by atoms with Crippen LogP contribution in [0.4, 0.5) is 17.1 Å². The van der Waals surface area contributed by atoms with E-state index >= 15 is 0 Å². The SMILES string of the molecule is Cc1ccc(-n2c3ccc(-c4ccc5c(c4)Cc4ccccc4-5)cc3c3cc(-c4ccc5ccccc5c4)ccc32)cc1.Cc1ccc(-n2c3ccc(-c4ccc5ccccc5c4)cc3c3cc(-c4cccc5ccccc45)ccc32)cc1.Cc1ccc(N2c3ccc(-c4ccccc4)cc3Cc3cc(-c4ccccc4)ccc32)cc1. The molecular weight excluding hydrogens is 1400 g/mol. The summed E-state index contributed by atoms with van der Waals surface area (Å²) >= 11 is 0. The van der Waals surface area contributed by atoms with E-state index in [-0.39, 0.29) is 0 Å². The van der Waals surface area contributed by atoms with Crippen LogP contribution in [0.15, 0.2) is 413 Å². The van der Waals surface area contributed by atoms with Gasteiger partial charge in [0.1, 0.15) is 0 Å². The first-order valence-corrected chi connectivity index (χ1v) is 40.4. The highest BCUT2D eigenvalue weighted by Gasteiger charge is 2.27. The molecule has 0 saturated heterocycles. The molecule has 3 heteroatoms. The quantitative estimate of drug-likeness (QED) is 0.140. The lowest BCUT2D eigenvalue weighted by molar-refractivity contribution is 1.09. The standard InChI is InChI=1S/C42H29N.C39H27N.C32H25N/c1-27-10-17-36(18-11-27)43-41-20-15-32(30-13-12-28-6-2-3-7-29(28)22-30)25-39(41)40-26-33(16-21-42(40)43)31-14-19-38-35(23-31)24-34-8-4-5-9-37(34)38;1-26-13-19-33(20-14-26)40-38-21-17-31(30-16-15-27-7-2-3-9-29(27)23-30)24-36(38)37-25-32(18-22-39(37)40)35-12-6-10-28-8-4-5-11-34(28)35;1-23-12-16-30(17-13-23)33-31-18-14-26(24-8-4-2-5-9-24)20-28(31)22-29-21-27(15-19-32(29)33)25-10-6-3-7-11-25/h2-23,25-26H,24H2,1H3;2-25H,1H3;2-21H,22H2,1H3. The highest BCUT2D eigenvalue weighted by atomic mass is 15.2. The van der Waals surface area contributed by atoms with Crippen LogP contribution in [0.5, 0.6) is 0 Å². The molecule has 0 atom stereocenters. The van der Waals surface area contributed by atoms with Crippen molar-refractivity contribution in [1.82, 2.24) is 9.13 Å². The third-order valence-electron chi connectivity index (χ3n) is 24.0. The van der Waals surface area contributed by atoms with Gasteiger partial charge >= 0.3 is 0 Å². The molecule has 23 rings (SSSR count). The number of rotatable bonds is 9. The second-order valence-corrected chi connectivity index (χ2v) is 31.4. The van der Waals surface area contributed by atoms with E-state index in [9.17, 15) is 0 Å². The van der Waals surface area contributed by atoms with Gasteiger partial charge in [0, 0.05) is 56.4 Å². The van der Waals surface area contributed by atoms with Crippen LogP contribution >= 0.6 is 0 Å². The number of fused-ring (bicyclic) bond motifs is 14. The molecule has 0 bridgehead atoms. The summed E-state index contributed by atoms with van der Waals surface area (Å²) in [5, 5.41) is 12.7. The number of anilines is 3. The largest absolute Gasteiger partial charge is 0.310 e. The van der Waals surface area contributed by atoms with Crippen LogP contribution in [-0.2, 0) is 12.8 Å². The predicted molar refractivity (Wildman–Crippen MR) is 493 cm³/mol. The Balaban J connectivity index is 0.000000110. The van der Waals surface area contributed by atoms with Gasteiger partial charge in [-0.1, -0.05) is 308 Å². The molecule has 116 heavy (non-hydrogen) atoms. The van der Waals surface area contributed by atoms with Crippen molar-refractivity contribution in [2.75, 3.05) is 4.90 Å². The normalized spacial score (nSPS) is 12.0. The zero-order valence-electron chi connectivity index (χ0n) is 65.0. The Hall–Kier alpha value is -14.6. The molecule has 3 heterocycles. The zero-order valence-corrected chi connectivity index (χ0v) is 65.0. The summed E-state index contributed by atoms with van der Waals surface area (Å²) in [6.45, 7) is 6.43. The van der Waals surface area contributed by atoms with Gasteiger partial charge in [0.05, 0.1) is 22.1 Å². The summed E-state index contributed by atoms with van der Waals surface area (Å²) in [6, 6.07) is 151. The Morgan fingerprint density at radius 1 is 0.181 bits per heavy atom. The van der Waals surface area contributed by atoms with E-state index in [0.29, 0.717) is 0 Å². The first kappa shape index (κ1) is 69.3. The number of hydrogen-bond acceptors (Lipinski definition) is 1. The molecule has 1 aliphatic heterocycles. The summed E-state index contributed by atoms with van der Waals surface area (Å²) in [6.07, 6.45) is 1.93. The molecule has 3 nitrogen and oxygen atoms in total. The fraction of sp³-hybridized carbons (Fsp3) is 0.0442. The minimum Gasteiger partial charge on any atom is -0.310 e. The lowest BCUT2D eigenvalue weighted by Crippen LogP contribution is -2.18. The molecule has 1 aliphatic carbocycles. The van der Waals surface area contributed by atoms with Gasteiger partial charge in [-0.3, -0.25) is 0 Å². The van der Waals surface area contributed by atoms with Gasteiger partial charge in [0.2, 0.25) is 0 Å². The minimum absolute atomic E-state index is 0.925. The number of hydrogen-bond donors (Lipinski definition) is 0. The van der Waals surface area contributed by atoms with Crippen LogP contribution in [0.3, 0.4) is 0 Å². The van der Waals surface area contributed by atoms with Crippen molar-refractivity contribution in [2.45, 2.75) is 33.6 Å². The molecule has 0 amide bonds. The van der Waals surface area contributed by atoms with Gasteiger partial charge in [-0.25, -0.2) is 0 Å². The summed E-state index contributed by atoms with van der Waals surface area (Å²) in [4.78, 5) is 2.41. The number of nitrogens with zero attached hydrogens (tertiary/aromatic N) is 3. The zero-order chi connectivity index (χ0) is 77.3. The van der Waals surface area contributed by atoms with E-state index in [0.717, 1.165) is 12.8 Å². The topological polar surface area (TPSA) is 13.1 Å². The van der Waals surface area contributed by atoms with Gasteiger partial charge in [-0.2, -0.15) is 0 Å². The van der Waals surface area contributed by atoms with E-state index in [2.05, 4.69) is 447 Å². The lowest BCUT2D eigenvalue weighted by Gasteiger charge is -2.34. The third-order valence-corrected chi connectivity index (χ3v) is 24.0. The van der Waals surface area contributed by atoms with Crippen LogP contribution in [0.2, 0.25) is 0 Å². The maximum absolute atomic E-state index is 2.41. The Morgan fingerprint density at radius 3 is 1.03 bits per heavy atom. The molecule has 2 aliphatic rings. The van der Waals surface area contributed by atoms with Crippen LogP contribution in [0.25, 0.3) is 165 Å². The van der Waals surface area contributed by atoms with Crippen molar-refractivity contribution in [3.63, 3.8) is 0 Å². The summed E-state index contributed by atoms with van der Waals surface area (Å²) in [5.41, 5.74) is 38.1. The minimum atomic E-state index is 0.925. The summed E-state index contributed by atoms with van der Waals surface area (Å²) < 4.78 is 4.82. The Labute approximate surface area is 676 Å². The first-order chi connectivity index (χ1) is 57.2. The van der Waals surface area contributed by atoms with Crippen molar-refractivity contribution in [1.29, 1.82) is 0 Å². The van der Waals surface area contributed by atoms with Gasteiger partial charge in [-0.05, 0) is 281 Å². The number of aromatic nitrogens is 2. The molecule has 0 N–H and O–H groups in total. The Morgan fingerprint density at radius 2 is 0.517 bits per heavy atom. The predicted octanol–water partition coefficient (Wildman–Crippen LogP) is 30.6. The molecule has 0 spiro atoms. The Bertz CT molecular complexity index is 7290. The average Bonchev–Trinajstić information content (AvgIpc) is 1.51. The average molecular weight is 1480 g/mol. The van der Waals surface area contributed by atoms with Crippen molar-refractivity contribution < 1.29 is 0 Å². The lowest BCUT2D eigenvalue weighted by atomic mass is 9.90. The van der Waals surface area contributed by atoms with Crippen LogP contribution in [0, 0.1) is 20.8 Å². The maximum Gasteiger partial charge on any atom is 0.0541 e.